The summed E-state index contributed by atoms with van der Waals surface area (Å²) in [4.78, 5) is 0. The molecule has 6 atom stereocenters. The van der Waals surface area contributed by atoms with Crippen molar-refractivity contribution in [2.24, 2.45) is 5.92 Å². The van der Waals surface area contributed by atoms with Crippen LogP contribution in [0.2, 0.25) is 0 Å². The first-order chi connectivity index (χ1) is 11.8. The summed E-state index contributed by atoms with van der Waals surface area (Å²) in [5.41, 5.74) is -1.97. The van der Waals surface area contributed by atoms with Gasteiger partial charge in [0.15, 0.2) is 0 Å². The van der Waals surface area contributed by atoms with E-state index in [-0.39, 0.29) is 26.1 Å². The van der Waals surface area contributed by atoms with Gasteiger partial charge < -0.3 is 24.1 Å². The Bertz CT molecular complexity index is 559. The number of alkyl halides is 3. The average molecular weight is 343 g/mol. The number of epoxide rings is 2. The van der Waals surface area contributed by atoms with E-state index >= 15 is 0 Å². The van der Waals surface area contributed by atoms with Crippen molar-refractivity contribution in [1.82, 2.24) is 0 Å². The fourth-order valence-corrected chi connectivity index (χ4v) is 3.54. The van der Waals surface area contributed by atoms with Crippen LogP contribution in [0.1, 0.15) is 30.3 Å². The van der Waals surface area contributed by atoms with Crippen LogP contribution in [-0.2, 0) is 18.9 Å². The van der Waals surface area contributed by atoms with Crippen molar-refractivity contribution in [3.05, 3.63) is 0 Å². The Kier molecular flexibility index (Phi) is 3.51. The molecular formula is C15H23F3O5. The molecule has 1 N–H and O–H groups in total. The van der Waals surface area contributed by atoms with Crippen LogP contribution in [0.5, 0.6) is 0 Å². The molecule has 3 rings (SSSR count). The highest BCUT2D eigenvalue weighted by molar-refractivity contribution is 5.19. The maximum atomic E-state index is 12.1. The van der Waals surface area contributed by atoms with E-state index in [1.54, 1.807) is 6.92 Å². The molecular weight excluding hydrogens is 317 g/mol. The van der Waals surface area contributed by atoms with Gasteiger partial charge in [-0.2, -0.15) is 13.2 Å². The van der Waals surface area contributed by atoms with Crippen molar-refractivity contribution < 1.29 is 41.3 Å². The zero-order valence-electron chi connectivity index (χ0n) is 16.0. The van der Waals surface area contributed by atoms with Gasteiger partial charge >= 0.3 is 6.18 Å². The van der Waals surface area contributed by atoms with E-state index in [1.807, 2.05) is 0 Å². The maximum Gasteiger partial charge on any atom is 0.411 e. The van der Waals surface area contributed by atoms with Crippen LogP contribution in [0.15, 0.2) is 0 Å². The molecule has 0 bridgehead atoms. The lowest BCUT2D eigenvalue weighted by molar-refractivity contribution is -0.174. The minimum atomic E-state index is -4.40. The number of halogens is 3. The number of aliphatic hydroxyl groups excluding tert-OH is 1. The Morgan fingerprint density at radius 3 is 2.74 bits per heavy atom. The van der Waals surface area contributed by atoms with Crippen LogP contribution in [0.25, 0.3) is 0 Å². The van der Waals surface area contributed by atoms with Gasteiger partial charge in [-0.05, 0) is 26.1 Å². The number of hydrogen-bond acceptors (Lipinski definition) is 5. The highest BCUT2D eigenvalue weighted by atomic mass is 19.4. The predicted molar refractivity (Wildman–Crippen MR) is 73.0 cm³/mol. The standard InChI is InChI=1S/C15H23F3O5/c1-13(10(23-13)4-6-21-8-15(16,17)18)12-11(20-2)9(19)3-5-14(12)7-22-14/h9-12,19H,3-8H2,1-2H3/t9-,10-,11-,12-,13?,14+/m1/s1/i3D2,11D. The molecule has 23 heavy (non-hydrogen) atoms. The molecule has 2 saturated heterocycles. The molecule has 2 aliphatic heterocycles. The minimum absolute atomic E-state index is 0.105. The van der Waals surface area contributed by atoms with Crippen LogP contribution in [0, 0.1) is 5.92 Å². The van der Waals surface area contributed by atoms with Gasteiger partial charge in [0.1, 0.15) is 12.2 Å². The average Bonchev–Trinajstić information content (AvgIpc) is 3.40. The zero-order valence-corrected chi connectivity index (χ0v) is 13.0. The molecule has 1 aliphatic carbocycles. The number of aliphatic hydroxyl groups is 1. The molecule has 134 valence electrons. The third-order valence-electron chi connectivity index (χ3n) is 4.77. The third kappa shape index (κ3) is 3.37. The topological polar surface area (TPSA) is 63.8 Å². The summed E-state index contributed by atoms with van der Waals surface area (Å²) in [5.74, 6) is -0.793. The summed E-state index contributed by atoms with van der Waals surface area (Å²) in [6.07, 6.45) is -10.6. The Morgan fingerprint density at radius 1 is 1.48 bits per heavy atom. The minimum Gasteiger partial charge on any atom is -0.390 e. The van der Waals surface area contributed by atoms with E-state index < -0.39 is 54.6 Å². The first kappa shape index (κ1) is 13.8. The molecule has 5 nitrogen and oxygen atoms in total. The van der Waals surface area contributed by atoms with E-state index in [4.69, 9.17) is 18.3 Å². The van der Waals surface area contributed by atoms with Gasteiger partial charge in [-0.15, -0.1) is 0 Å². The second kappa shape index (κ2) is 5.84. The zero-order chi connectivity index (χ0) is 19.6. The quantitative estimate of drug-likeness (QED) is 0.587. The van der Waals surface area contributed by atoms with Crippen molar-refractivity contribution in [1.29, 1.82) is 0 Å². The van der Waals surface area contributed by atoms with Crippen LogP contribution < -0.4 is 0 Å². The Balaban J connectivity index is 1.71. The molecule has 0 radical (unpaired) electrons. The lowest BCUT2D eigenvalue weighted by Gasteiger charge is -2.41. The van der Waals surface area contributed by atoms with Crippen molar-refractivity contribution >= 4 is 0 Å². The number of ether oxygens (including phenoxy) is 4. The first-order valence-corrected chi connectivity index (χ1v) is 7.50. The van der Waals surface area contributed by atoms with Crippen molar-refractivity contribution in [3.63, 3.8) is 0 Å². The molecule has 1 unspecified atom stereocenters. The maximum absolute atomic E-state index is 12.1. The summed E-state index contributed by atoms with van der Waals surface area (Å²) < 4.78 is 82.1. The Morgan fingerprint density at radius 2 is 2.17 bits per heavy atom. The largest absolute Gasteiger partial charge is 0.411 e. The molecule has 0 aromatic carbocycles. The highest BCUT2D eigenvalue weighted by Crippen LogP contribution is 2.59. The van der Waals surface area contributed by atoms with Gasteiger partial charge in [-0.25, -0.2) is 0 Å². The Hall–Kier alpha value is -0.410. The second-order valence-electron chi connectivity index (χ2n) is 6.42. The van der Waals surface area contributed by atoms with Crippen molar-refractivity contribution in [3.8, 4) is 0 Å². The number of hydrogen-bond donors (Lipinski definition) is 1. The van der Waals surface area contributed by atoms with Gasteiger partial charge in [0, 0.05) is 16.5 Å². The van der Waals surface area contributed by atoms with Crippen molar-refractivity contribution in [2.45, 2.75) is 61.8 Å². The summed E-state index contributed by atoms with van der Waals surface area (Å²) in [7, 11) is 1.22. The molecule has 3 fully saturated rings. The van der Waals surface area contributed by atoms with Crippen LogP contribution in [-0.4, -0.2) is 67.7 Å². The second-order valence-corrected chi connectivity index (χ2v) is 6.42. The molecule has 0 amide bonds. The van der Waals surface area contributed by atoms with E-state index in [1.165, 1.54) is 7.11 Å². The highest BCUT2D eigenvalue weighted by Gasteiger charge is 2.71. The SMILES string of the molecule is [2H]C1([2H])C[C@]2(CO2)[C@@H](C2(C)O[C@@H]2CCOCC(F)(F)F)[C@]([2H])(OC)[C@@H]1O. The van der Waals surface area contributed by atoms with Gasteiger partial charge in [-0.1, -0.05) is 0 Å². The molecule has 0 aromatic rings. The van der Waals surface area contributed by atoms with Gasteiger partial charge in [0.25, 0.3) is 0 Å². The van der Waals surface area contributed by atoms with Crippen LogP contribution in [0.3, 0.4) is 0 Å². The van der Waals surface area contributed by atoms with E-state index in [0.717, 1.165) is 0 Å². The number of methoxy groups -OCH3 is 1. The van der Waals surface area contributed by atoms with Gasteiger partial charge in [0.05, 0.1) is 37.8 Å². The Labute approximate surface area is 137 Å². The summed E-state index contributed by atoms with van der Waals surface area (Å²) >= 11 is 0. The molecule has 0 aromatic heterocycles. The van der Waals surface area contributed by atoms with Gasteiger partial charge in [0.2, 0.25) is 0 Å². The van der Waals surface area contributed by atoms with E-state index in [9.17, 15) is 18.3 Å². The third-order valence-corrected chi connectivity index (χ3v) is 4.77. The lowest BCUT2D eigenvalue weighted by atomic mass is 9.68. The molecule has 2 heterocycles. The predicted octanol–water partition coefficient (Wildman–Crippen LogP) is 1.67. The van der Waals surface area contributed by atoms with Gasteiger partial charge in [-0.3, -0.25) is 0 Å². The van der Waals surface area contributed by atoms with Crippen LogP contribution >= 0.6 is 0 Å². The molecule has 8 heteroatoms. The van der Waals surface area contributed by atoms with Crippen LogP contribution in [0.4, 0.5) is 13.2 Å². The van der Waals surface area contributed by atoms with E-state index in [2.05, 4.69) is 4.74 Å². The normalized spacial score (nSPS) is 53.5. The van der Waals surface area contributed by atoms with Crippen molar-refractivity contribution in [2.75, 3.05) is 26.9 Å². The fourth-order valence-electron chi connectivity index (χ4n) is 3.54. The molecule has 1 spiro atoms. The molecule has 3 aliphatic rings. The first-order valence-electron chi connectivity index (χ1n) is 9.00. The summed E-state index contributed by atoms with van der Waals surface area (Å²) in [5, 5.41) is 10.4. The van der Waals surface area contributed by atoms with E-state index in [0.29, 0.717) is 0 Å². The smallest absolute Gasteiger partial charge is 0.390 e. The fraction of sp³-hybridized carbons (Fsp3) is 1.00. The summed E-state index contributed by atoms with van der Waals surface area (Å²) in [6, 6.07) is 0. The number of rotatable bonds is 6. The monoisotopic (exact) mass is 343 g/mol. The molecule has 1 saturated carbocycles. The summed E-state index contributed by atoms with van der Waals surface area (Å²) in [6.45, 7) is 0.392. The lowest BCUT2D eigenvalue weighted by Crippen LogP contribution is -2.54.